The van der Waals surface area contributed by atoms with Crippen molar-refractivity contribution < 1.29 is 39.6 Å². The van der Waals surface area contributed by atoms with Crippen molar-refractivity contribution in [1.29, 1.82) is 0 Å². The zero-order valence-corrected chi connectivity index (χ0v) is 27.9. The Balaban J connectivity index is 1.96. The van der Waals surface area contributed by atoms with Crippen LogP contribution in [0.2, 0.25) is 0 Å². The molecule has 3 aromatic rings. The molecule has 0 saturated carbocycles. The number of aliphatic hydroxyl groups is 1. The van der Waals surface area contributed by atoms with Crippen LogP contribution in [-0.4, -0.2) is 43.6 Å². The number of phenols is 3. The van der Waals surface area contributed by atoms with Crippen molar-refractivity contribution in [3.05, 3.63) is 99.8 Å². The van der Waals surface area contributed by atoms with Crippen LogP contribution in [0.1, 0.15) is 104 Å². The summed E-state index contributed by atoms with van der Waals surface area (Å²) in [6.45, 7) is 9.60. The van der Waals surface area contributed by atoms with Gasteiger partial charge in [0.2, 0.25) is 0 Å². The van der Waals surface area contributed by atoms with Gasteiger partial charge >= 0.3 is 0 Å². The summed E-state index contributed by atoms with van der Waals surface area (Å²) in [5, 5.41) is 46.6. The third-order valence-corrected chi connectivity index (χ3v) is 9.18. The van der Waals surface area contributed by atoms with Crippen LogP contribution in [-0.2, 0) is 22.4 Å². The van der Waals surface area contributed by atoms with E-state index in [9.17, 15) is 39.6 Å². The molecule has 47 heavy (non-hydrogen) atoms. The maximum Gasteiger partial charge on any atom is 0.175 e. The molecule has 0 aromatic heterocycles. The molecule has 248 valence electrons. The lowest BCUT2D eigenvalue weighted by Gasteiger charge is -2.41. The first kappa shape index (κ1) is 35.1. The maximum absolute atomic E-state index is 14.0. The van der Waals surface area contributed by atoms with Crippen LogP contribution in [0.15, 0.2) is 72.0 Å². The van der Waals surface area contributed by atoms with E-state index in [-0.39, 0.29) is 49.2 Å². The Kier molecular flexibility index (Phi) is 10.1. The third-order valence-electron chi connectivity index (χ3n) is 9.18. The highest BCUT2D eigenvalue weighted by Gasteiger charge is 2.55. The predicted octanol–water partition coefficient (Wildman–Crippen LogP) is 7.58. The molecule has 1 unspecified atom stereocenters. The molecule has 1 aliphatic carbocycles. The largest absolute Gasteiger partial charge is 0.511 e. The average Bonchev–Trinajstić information content (AvgIpc) is 3.02. The highest BCUT2D eigenvalue weighted by atomic mass is 16.3. The lowest BCUT2D eigenvalue weighted by molar-refractivity contribution is -0.144. The normalized spacial score (nSPS) is 16.4. The number of carbonyl (C=O) groups excluding carboxylic acids is 4. The molecule has 0 radical (unpaired) electrons. The van der Waals surface area contributed by atoms with Crippen molar-refractivity contribution in [2.24, 2.45) is 16.7 Å². The number of ketones is 4. The van der Waals surface area contributed by atoms with Gasteiger partial charge in [0.05, 0.1) is 10.8 Å². The van der Waals surface area contributed by atoms with Gasteiger partial charge in [0.25, 0.3) is 0 Å². The van der Waals surface area contributed by atoms with Gasteiger partial charge in [-0.15, -0.1) is 0 Å². The highest BCUT2D eigenvalue weighted by molar-refractivity contribution is 6.20. The molecule has 0 spiro atoms. The average molecular weight is 641 g/mol. The van der Waals surface area contributed by atoms with Crippen molar-refractivity contribution in [1.82, 2.24) is 0 Å². The van der Waals surface area contributed by atoms with Gasteiger partial charge in [-0.1, -0.05) is 74.5 Å². The summed E-state index contributed by atoms with van der Waals surface area (Å²) in [7, 11) is 0. The molecule has 1 aliphatic rings. The number of hydrogen-bond donors (Lipinski definition) is 4. The van der Waals surface area contributed by atoms with Crippen LogP contribution in [0.3, 0.4) is 0 Å². The van der Waals surface area contributed by atoms with Gasteiger partial charge in [-0.25, -0.2) is 0 Å². The number of aryl methyl sites for hydroxylation is 2. The number of rotatable bonds is 12. The van der Waals surface area contributed by atoms with E-state index >= 15 is 0 Å². The Hall–Kier alpha value is -4.72. The van der Waals surface area contributed by atoms with Crippen LogP contribution in [0, 0.1) is 16.7 Å². The van der Waals surface area contributed by atoms with Crippen molar-refractivity contribution in [3.63, 3.8) is 0 Å². The molecule has 0 fully saturated rings. The molecule has 4 N–H and O–H groups in total. The van der Waals surface area contributed by atoms with Crippen LogP contribution in [0.4, 0.5) is 0 Å². The van der Waals surface area contributed by atoms with Gasteiger partial charge in [-0.3, -0.25) is 19.2 Å². The third kappa shape index (κ3) is 6.73. The van der Waals surface area contributed by atoms with Crippen LogP contribution in [0.5, 0.6) is 17.2 Å². The maximum atomic E-state index is 14.0. The van der Waals surface area contributed by atoms with Crippen molar-refractivity contribution in [2.75, 3.05) is 0 Å². The fourth-order valence-electron chi connectivity index (χ4n) is 6.59. The van der Waals surface area contributed by atoms with E-state index in [1.54, 1.807) is 0 Å². The van der Waals surface area contributed by atoms with E-state index in [4.69, 9.17) is 0 Å². The summed E-state index contributed by atoms with van der Waals surface area (Å²) < 4.78 is 0. The summed E-state index contributed by atoms with van der Waals surface area (Å²) in [6.07, 6.45) is 0.367. The second kappa shape index (κ2) is 13.6. The molecule has 4 rings (SSSR count). The monoisotopic (exact) mass is 640 g/mol. The molecule has 0 heterocycles. The van der Waals surface area contributed by atoms with Gasteiger partial charge in [0.15, 0.2) is 23.1 Å². The van der Waals surface area contributed by atoms with E-state index in [1.807, 2.05) is 74.5 Å². The molecule has 1 atom stereocenters. The number of aromatic hydroxyl groups is 3. The number of carbonyl (C=O) groups is 4. The quantitative estimate of drug-likeness (QED) is 0.117. The standard InChI is InChI=1S/C39H44O8/c1-22(2)21-25(29-35(45)38(3,4)37(47)39(5,6)36(29)46)28-32(42)30(26(40)19-17-23-13-9-7-10-14-23)34(44)31(33(28)43)27(41)20-18-24-15-11-8-12-16-24/h7-16,22,25,42-45H,17-21H2,1-6H3. The molecule has 0 aliphatic heterocycles. The van der Waals surface area contributed by atoms with E-state index in [0.717, 1.165) is 11.1 Å². The second-order valence-electron chi connectivity index (χ2n) is 13.9. The Bertz CT molecular complexity index is 1650. The van der Waals surface area contributed by atoms with E-state index in [2.05, 4.69) is 0 Å². The Morgan fingerprint density at radius 1 is 0.660 bits per heavy atom. The van der Waals surface area contributed by atoms with E-state index in [1.165, 1.54) is 27.7 Å². The first-order valence-electron chi connectivity index (χ1n) is 16.0. The number of allylic oxidation sites excluding steroid dienone is 2. The first-order valence-corrected chi connectivity index (χ1v) is 16.0. The van der Waals surface area contributed by atoms with Crippen LogP contribution < -0.4 is 0 Å². The first-order chi connectivity index (χ1) is 22.0. The van der Waals surface area contributed by atoms with Crippen LogP contribution >= 0.6 is 0 Å². The van der Waals surface area contributed by atoms with Crippen LogP contribution in [0.25, 0.3) is 0 Å². The molecule has 0 saturated heterocycles. The predicted molar refractivity (Wildman–Crippen MR) is 179 cm³/mol. The van der Waals surface area contributed by atoms with Crippen molar-refractivity contribution >= 4 is 23.1 Å². The fraction of sp³-hybridized carbons (Fsp3) is 0.385. The topological polar surface area (TPSA) is 149 Å². The fourth-order valence-corrected chi connectivity index (χ4v) is 6.59. The summed E-state index contributed by atoms with van der Waals surface area (Å²) >= 11 is 0. The zero-order chi connectivity index (χ0) is 34.8. The van der Waals surface area contributed by atoms with Gasteiger partial charge in [-0.2, -0.15) is 0 Å². The second-order valence-corrected chi connectivity index (χ2v) is 13.9. The zero-order valence-electron chi connectivity index (χ0n) is 27.9. The van der Waals surface area contributed by atoms with Gasteiger partial charge < -0.3 is 20.4 Å². The Morgan fingerprint density at radius 2 is 1.09 bits per heavy atom. The molecule has 0 amide bonds. The van der Waals surface area contributed by atoms with E-state index < -0.39 is 74.0 Å². The van der Waals surface area contributed by atoms with E-state index in [0.29, 0.717) is 0 Å². The van der Waals surface area contributed by atoms with Crippen molar-refractivity contribution in [3.8, 4) is 17.2 Å². The molecular formula is C39H44O8. The number of Topliss-reactive ketones (excluding diaryl/α,β-unsaturated/α-hetero) is 4. The minimum atomic E-state index is -1.55. The molecular weight excluding hydrogens is 596 g/mol. The summed E-state index contributed by atoms with van der Waals surface area (Å²) in [5.74, 6) is -6.82. The highest BCUT2D eigenvalue weighted by Crippen LogP contribution is 2.54. The minimum Gasteiger partial charge on any atom is -0.511 e. The molecule has 0 bridgehead atoms. The molecule has 3 aromatic carbocycles. The molecule has 8 heteroatoms. The smallest absolute Gasteiger partial charge is 0.175 e. The number of aliphatic hydroxyl groups excluding tert-OH is 1. The summed E-state index contributed by atoms with van der Waals surface area (Å²) in [5.41, 5.74) is -2.93. The summed E-state index contributed by atoms with van der Waals surface area (Å²) in [6, 6.07) is 18.3. The lowest BCUT2D eigenvalue weighted by atomic mass is 9.60. The number of hydrogen-bond acceptors (Lipinski definition) is 8. The van der Waals surface area contributed by atoms with Crippen molar-refractivity contribution in [2.45, 2.75) is 79.6 Å². The lowest BCUT2D eigenvalue weighted by Crippen LogP contribution is -2.49. The number of phenolic OH excluding ortho intramolecular Hbond substituents is 3. The van der Waals surface area contributed by atoms with Gasteiger partial charge in [0, 0.05) is 29.9 Å². The SMILES string of the molecule is CC(C)CC(C1=C(O)C(C)(C)C(=O)C(C)(C)C1=O)c1c(O)c(C(=O)CCc2ccccc2)c(O)c(C(=O)CCc2ccccc2)c1O. The summed E-state index contributed by atoms with van der Waals surface area (Å²) in [4.78, 5) is 54.9. The minimum absolute atomic E-state index is 0.0900. The van der Waals surface area contributed by atoms with Gasteiger partial charge in [0.1, 0.15) is 34.1 Å². The Morgan fingerprint density at radius 3 is 1.49 bits per heavy atom. The molecule has 8 nitrogen and oxygen atoms in total. The van der Waals surface area contributed by atoms with Gasteiger partial charge in [-0.05, 0) is 64.0 Å². The Labute approximate surface area is 275 Å². The number of benzene rings is 3.